The first-order chi connectivity index (χ1) is 9.67. The predicted molar refractivity (Wildman–Crippen MR) is 83.3 cm³/mol. The van der Waals surface area contributed by atoms with Crippen molar-refractivity contribution in [2.45, 2.75) is 26.7 Å². The Kier molecular flexibility index (Phi) is 7.73. The van der Waals surface area contributed by atoms with Crippen LogP contribution in [-0.4, -0.2) is 48.7 Å². The normalized spacial score (nSPS) is 10.8. The van der Waals surface area contributed by atoms with Gasteiger partial charge in [-0.1, -0.05) is 32.0 Å². The van der Waals surface area contributed by atoms with Gasteiger partial charge < -0.3 is 14.9 Å². The van der Waals surface area contributed by atoms with Crippen LogP contribution in [0.15, 0.2) is 30.3 Å². The molecule has 0 aliphatic heterocycles. The summed E-state index contributed by atoms with van der Waals surface area (Å²) in [5.74, 6) is -0.721. The number of carbonyl (C=O) groups is 1. The van der Waals surface area contributed by atoms with Crippen molar-refractivity contribution in [3.05, 3.63) is 30.3 Å². The van der Waals surface area contributed by atoms with Crippen LogP contribution in [0.25, 0.3) is 0 Å². The molecule has 0 aromatic heterocycles. The SMILES string of the molecule is CCN(CC)CCN(CCCC(=O)O)c1ccccc1. The van der Waals surface area contributed by atoms with Crippen molar-refractivity contribution in [2.75, 3.05) is 37.6 Å². The molecule has 112 valence electrons. The molecular weight excluding hydrogens is 252 g/mol. The maximum Gasteiger partial charge on any atom is 0.303 e. The van der Waals surface area contributed by atoms with E-state index in [1.807, 2.05) is 18.2 Å². The summed E-state index contributed by atoms with van der Waals surface area (Å²) in [5, 5.41) is 8.76. The Morgan fingerprint density at radius 3 is 2.25 bits per heavy atom. The Morgan fingerprint density at radius 2 is 1.70 bits per heavy atom. The largest absolute Gasteiger partial charge is 0.481 e. The minimum atomic E-state index is -0.721. The van der Waals surface area contributed by atoms with Crippen molar-refractivity contribution in [3.8, 4) is 0 Å². The zero-order chi connectivity index (χ0) is 14.8. The van der Waals surface area contributed by atoms with Crippen molar-refractivity contribution in [2.24, 2.45) is 0 Å². The van der Waals surface area contributed by atoms with Gasteiger partial charge in [0, 0.05) is 31.7 Å². The summed E-state index contributed by atoms with van der Waals surface area (Å²) in [6.07, 6.45) is 0.914. The van der Waals surface area contributed by atoms with Crippen LogP contribution in [0.4, 0.5) is 5.69 Å². The summed E-state index contributed by atoms with van der Waals surface area (Å²) in [6.45, 7) is 9.17. The zero-order valence-corrected chi connectivity index (χ0v) is 12.6. The van der Waals surface area contributed by atoms with E-state index in [0.29, 0.717) is 6.42 Å². The quantitative estimate of drug-likeness (QED) is 0.714. The van der Waals surface area contributed by atoms with Gasteiger partial charge in [-0.15, -0.1) is 0 Å². The number of likely N-dealkylation sites (N-methyl/N-ethyl adjacent to an activating group) is 1. The lowest BCUT2D eigenvalue weighted by atomic mass is 10.2. The van der Waals surface area contributed by atoms with E-state index in [9.17, 15) is 4.79 Å². The monoisotopic (exact) mass is 278 g/mol. The molecule has 0 atom stereocenters. The summed E-state index contributed by atoms with van der Waals surface area (Å²) in [6, 6.07) is 10.2. The van der Waals surface area contributed by atoms with Gasteiger partial charge in [-0.05, 0) is 31.6 Å². The first-order valence-electron chi connectivity index (χ1n) is 7.41. The van der Waals surface area contributed by atoms with E-state index in [2.05, 4.69) is 35.8 Å². The fourth-order valence-electron chi connectivity index (χ4n) is 2.23. The zero-order valence-electron chi connectivity index (χ0n) is 12.6. The second kappa shape index (κ2) is 9.37. The molecule has 0 saturated carbocycles. The Labute approximate surface area is 122 Å². The van der Waals surface area contributed by atoms with Crippen molar-refractivity contribution in [1.82, 2.24) is 4.90 Å². The van der Waals surface area contributed by atoms with Gasteiger partial charge in [0.05, 0.1) is 0 Å². The number of nitrogens with zero attached hydrogens (tertiary/aromatic N) is 2. The van der Waals surface area contributed by atoms with Crippen LogP contribution >= 0.6 is 0 Å². The number of benzene rings is 1. The average Bonchev–Trinajstić information content (AvgIpc) is 2.47. The molecule has 0 radical (unpaired) electrons. The van der Waals surface area contributed by atoms with Crippen LogP contribution < -0.4 is 4.90 Å². The highest BCUT2D eigenvalue weighted by Crippen LogP contribution is 2.14. The first kappa shape index (κ1) is 16.5. The maximum atomic E-state index is 10.6. The highest BCUT2D eigenvalue weighted by atomic mass is 16.4. The van der Waals surface area contributed by atoms with E-state index in [1.54, 1.807) is 0 Å². The van der Waals surface area contributed by atoms with Gasteiger partial charge in [-0.25, -0.2) is 0 Å². The van der Waals surface area contributed by atoms with Gasteiger partial charge in [-0.2, -0.15) is 0 Å². The fraction of sp³-hybridized carbons (Fsp3) is 0.562. The molecule has 0 unspecified atom stereocenters. The third-order valence-corrected chi connectivity index (χ3v) is 3.52. The summed E-state index contributed by atoms with van der Waals surface area (Å²) >= 11 is 0. The van der Waals surface area contributed by atoms with E-state index in [0.717, 1.165) is 32.7 Å². The van der Waals surface area contributed by atoms with Crippen molar-refractivity contribution in [1.29, 1.82) is 0 Å². The van der Waals surface area contributed by atoms with Crippen LogP contribution in [0.3, 0.4) is 0 Å². The molecule has 1 rings (SSSR count). The minimum Gasteiger partial charge on any atom is -0.481 e. The summed E-state index contributed by atoms with van der Waals surface area (Å²) in [5.41, 5.74) is 1.17. The van der Waals surface area contributed by atoms with Crippen molar-refractivity contribution in [3.63, 3.8) is 0 Å². The smallest absolute Gasteiger partial charge is 0.303 e. The number of hydrogen-bond acceptors (Lipinski definition) is 3. The van der Waals surface area contributed by atoms with Crippen LogP contribution in [0, 0.1) is 0 Å². The maximum absolute atomic E-state index is 10.6. The lowest BCUT2D eigenvalue weighted by Gasteiger charge is -2.28. The molecule has 1 aromatic carbocycles. The van der Waals surface area contributed by atoms with Crippen molar-refractivity contribution < 1.29 is 9.90 Å². The number of carboxylic acid groups (broad SMARTS) is 1. The third-order valence-electron chi connectivity index (χ3n) is 3.52. The molecule has 0 aliphatic rings. The third kappa shape index (κ3) is 6.06. The Balaban J connectivity index is 2.57. The van der Waals surface area contributed by atoms with Crippen LogP contribution in [0.2, 0.25) is 0 Å². The summed E-state index contributed by atoms with van der Waals surface area (Å²) < 4.78 is 0. The van der Waals surface area contributed by atoms with Gasteiger partial charge in [-0.3, -0.25) is 4.79 Å². The van der Waals surface area contributed by atoms with Crippen LogP contribution in [0.1, 0.15) is 26.7 Å². The van der Waals surface area contributed by atoms with Crippen LogP contribution in [-0.2, 0) is 4.79 Å². The number of rotatable bonds is 10. The van der Waals surface area contributed by atoms with Gasteiger partial charge in [0.25, 0.3) is 0 Å². The molecule has 0 heterocycles. The van der Waals surface area contributed by atoms with Crippen LogP contribution in [0.5, 0.6) is 0 Å². The molecule has 20 heavy (non-hydrogen) atoms. The highest BCUT2D eigenvalue weighted by Gasteiger charge is 2.09. The molecule has 0 aliphatic carbocycles. The standard InChI is InChI=1S/C16H26N2O2/c1-3-17(4-2)13-14-18(12-8-11-16(19)20)15-9-6-5-7-10-15/h5-7,9-10H,3-4,8,11-14H2,1-2H3,(H,19,20). The number of hydrogen-bond donors (Lipinski definition) is 1. The predicted octanol–water partition coefficient (Wildman–Crippen LogP) is 2.70. The second-order valence-corrected chi connectivity index (χ2v) is 4.85. The van der Waals surface area contributed by atoms with Gasteiger partial charge in [0.15, 0.2) is 0 Å². The Hall–Kier alpha value is -1.55. The molecule has 4 heteroatoms. The topological polar surface area (TPSA) is 43.8 Å². The van der Waals surface area contributed by atoms with Gasteiger partial charge in [0.1, 0.15) is 0 Å². The number of aliphatic carboxylic acids is 1. The van der Waals surface area contributed by atoms with E-state index in [-0.39, 0.29) is 6.42 Å². The second-order valence-electron chi connectivity index (χ2n) is 4.85. The lowest BCUT2D eigenvalue weighted by Crippen LogP contribution is -2.35. The number of para-hydroxylation sites is 1. The molecule has 4 nitrogen and oxygen atoms in total. The van der Waals surface area contributed by atoms with Crippen molar-refractivity contribution >= 4 is 11.7 Å². The molecular formula is C16H26N2O2. The Morgan fingerprint density at radius 1 is 1.05 bits per heavy atom. The highest BCUT2D eigenvalue weighted by molar-refractivity contribution is 5.66. The van der Waals surface area contributed by atoms with E-state index >= 15 is 0 Å². The molecule has 0 spiro atoms. The summed E-state index contributed by atoms with van der Waals surface area (Å²) in [4.78, 5) is 15.3. The molecule has 0 saturated heterocycles. The average molecular weight is 278 g/mol. The first-order valence-corrected chi connectivity index (χ1v) is 7.41. The molecule has 0 fully saturated rings. The van der Waals surface area contributed by atoms with E-state index < -0.39 is 5.97 Å². The lowest BCUT2D eigenvalue weighted by molar-refractivity contribution is -0.137. The molecule has 1 N–H and O–H groups in total. The fourth-order valence-corrected chi connectivity index (χ4v) is 2.23. The number of anilines is 1. The van der Waals surface area contributed by atoms with E-state index in [4.69, 9.17) is 5.11 Å². The minimum absolute atomic E-state index is 0.231. The summed E-state index contributed by atoms with van der Waals surface area (Å²) in [7, 11) is 0. The van der Waals surface area contributed by atoms with E-state index in [1.165, 1.54) is 5.69 Å². The molecule has 1 aromatic rings. The Bertz CT molecular complexity index is 377. The molecule has 0 amide bonds. The number of carboxylic acids is 1. The van der Waals surface area contributed by atoms with Gasteiger partial charge in [0.2, 0.25) is 0 Å². The van der Waals surface area contributed by atoms with Gasteiger partial charge >= 0.3 is 5.97 Å². The molecule has 0 bridgehead atoms.